The van der Waals surface area contributed by atoms with Gasteiger partial charge >= 0.3 is 5.76 Å². The quantitative estimate of drug-likeness (QED) is 0.556. The Bertz CT molecular complexity index is 1030. The fourth-order valence-corrected chi connectivity index (χ4v) is 3.04. The Hall–Kier alpha value is -2.38. The number of aromatic nitrogens is 4. The SMILES string of the molecule is CN(CCNS(C)=O)c1nonc1-c1noc(=O)n1-c1ccc(F)c(Br)c1. The number of hydrogen-bond donors (Lipinski definition) is 1. The smallest absolute Gasteiger partial charge is 0.354 e. The number of anilines is 1. The molecular weight excluding hydrogens is 447 g/mol. The molecule has 10 nitrogen and oxygen atoms in total. The zero-order valence-electron chi connectivity index (χ0n) is 14.2. The van der Waals surface area contributed by atoms with Crippen molar-refractivity contribution in [3.8, 4) is 17.2 Å². The number of nitrogens with zero attached hydrogens (tertiary/aromatic N) is 5. The zero-order chi connectivity index (χ0) is 19.6. The summed E-state index contributed by atoms with van der Waals surface area (Å²) >= 11 is 3.08. The molecule has 0 bridgehead atoms. The van der Waals surface area contributed by atoms with Crippen LogP contribution in [-0.2, 0) is 11.0 Å². The summed E-state index contributed by atoms with van der Waals surface area (Å²) in [4.78, 5) is 13.8. The van der Waals surface area contributed by atoms with Gasteiger partial charge in [-0.25, -0.2) is 27.3 Å². The summed E-state index contributed by atoms with van der Waals surface area (Å²) in [6.45, 7) is 0.855. The third-order valence-electron chi connectivity index (χ3n) is 3.56. The van der Waals surface area contributed by atoms with Gasteiger partial charge in [-0.2, -0.15) is 0 Å². The molecule has 1 N–H and O–H groups in total. The standard InChI is InChI=1S/C14H14BrFN6O4S/c1-21(6-5-17-27(2)24)12-11(18-26-20-12)13-19-25-14(23)22(13)8-3-4-10(16)9(15)7-8/h3-4,7,17H,5-6H2,1-2H3. The van der Waals surface area contributed by atoms with E-state index in [1.807, 2.05) is 0 Å². The van der Waals surface area contributed by atoms with Crippen LogP contribution in [0, 0.1) is 5.82 Å². The molecule has 3 aromatic rings. The van der Waals surface area contributed by atoms with Crippen molar-refractivity contribution >= 4 is 32.7 Å². The van der Waals surface area contributed by atoms with Crippen LogP contribution in [0.3, 0.4) is 0 Å². The van der Waals surface area contributed by atoms with Crippen molar-refractivity contribution in [2.75, 3.05) is 31.3 Å². The van der Waals surface area contributed by atoms with Crippen LogP contribution in [0.4, 0.5) is 10.2 Å². The molecule has 0 saturated heterocycles. The molecule has 0 radical (unpaired) electrons. The van der Waals surface area contributed by atoms with E-state index >= 15 is 0 Å². The van der Waals surface area contributed by atoms with Crippen LogP contribution >= 0.6 is 15.9 Å². The van der Waals surface area contributed by atoms with Crippen LogP contribution in [-0.4, -0.2) is 50.6 Å². The Labute approximate surface area is 163 Å². The van der Waals surface area contributed by atoms with E-state index in [4.69, 9.17) is 9.15 Å². The lowest BCUT2D eigenvalue weighted by molar-refractivity contribution is 0.308. The highest BCUT2D eigenvalue weighted by molar-refractivity contribution is 9.10. The summed E-state index contributed by atoms with van der Waals surface area (Å²) in [6.07, 6.45) is 1.53. The van der Waals surface area contributed by atoms with E-state index < -0.39 is 22.6 Å². The van der Waals surface area contributed by atoms with Gasteiger partial charge in [0.25, 0.3) is 0 Å². The third-order valence-corrected chi connectivity index (χ3v) is 4.78. The van der Waals surface area contributed by atoms with Gasteiger partial charge in [0, 0.05) is 26.4 Å². The van der Waals surface area contributed by atoms with Gasteiger partial charge in [-0.05, 0) is 44.4 Å². The molecule has 1 atom stereocenters. The summed E-state index contributed by atoms with van der Waals surface area (Å²) in [6, 6.07) is 4.02. The predicted molar refractivity (Wildman–Crippen MR) is 98.4 cm³/mol. The van der Waals surface area contributed by atoms with Crippen LogP contribution in [0.2, 0.25) is 0 Å². The Morgan fingerprint density at radius 2 is 2.15 bits per heavy atom. The fraction of sp³-hybridized carbons (Fsp3) is 0.286. The van der Waals surface area contributed by atoms with Crippen molar-refractivity contribution in [3.63, 3.8) is 0 Å². The molecule has 144 valence electrons. The number of benzene rings is 1. The second-order valence-electron chi connectivity index (χ2n) is 5.41. The highest BCUT2D eigenvalue weighted by atomic mass is 79.9. The molecule has 0 amide bonds. The average Bonchev–Trinajstić information content (AvgIpc) is 3.23. The molecule has 2 aromatic heterocycles. The Kier molecular flexibility index (Phi) is 5.82. The minimum absolute atomic E-state index is 0.0497. The van der Waals surface area contributed by atoms with Gasteiger partial charge < -0.3 is 4.90 Å². The summed E-state index contributed by atoms with van der Waals surface area (Å²) in [5.74, 6) is -0.896. The van der Waals surface area contributed by atoms with Crippen molar-refractivity contribution in [3.05, 3.63) is 39.0 Å². The van der Waals surface area contributed by atoms with Crippen LogP contribution in [0.5, 0.6) is 0 Å². The molecule has 0 aliphatic rings. The molecule has 0 aliphatic heterocycles. The lowest BCUT2D eigenvalue weighted by atomic mass is 10.3. The van der Waals surface area contributed by atoms with Gasteiger partial charge in [-0.1, -0.05) is 5.16 Å². The molecular formula is C14H14BrFN6O4S. The molecule has 13 heteroatoms. The van der Waals surface area contributed by atoms with Gasteiger partial charge in [0.1, 0.15) is 5.82 Å². The van der Waals surface area contributed by atoms with Gasteiger partial charge in [0.05, 0.1) is 21.1 Å². The van der Waals surface area contributed by atoms with Crippen LogP contribution in [0.15, 0.2) is 36.6 Å². The minimum atomic E-state index is -1.14. The molecule has 0 spiro atoms. The molecule has 0 fully saturated rings. The number of likely N-dealkylation sites (N-methyl/N-ethyl adjacent to an activating group) is 1. The topological polar surface area (TPSA) is 119 Å². The fourth-order valence-electron chi connectivity index (χ4n) is 2.29. The number of hydrogen-bond acceptors (Lipinski definition) is 8. The maximum absolute atomic E-state index is 13.5. The zero-order valence-corrected chi connectivity index (χ0v) is 16.6. The lowest BCUT2D eigenvalue weighted by Crippen LogP contribution is -2.30. The van der Waals surface area contributed by atoms with Crippen LogP contribution in [0.25, 0.3) is 17.2 Å². The van der Waals surface area contributed by atoms with Crippen molar-refractivity contribution in [2.24, 2.45) is 0 Å². The summed E-state index contributed by atoms with van der Waals surface area (Å²) in [7, 11) is 0.579. The monoisotopic (exact) mass is 460 g/mol. The lowest BCUT2D eigenvalue weighted by Gasteiger charge is -2.15. The predicted octanol–water partition coefficient (Wildman–Crippen LogP) is 1.10. The Morgan fingerprint density at radius 3 is 2.85 bits per heavy atom. The van der Waals surface area contributed by atoms with Gasteiger partial charge in [-0.15, -0.1) is 0 Å². The molecule has 0 saturated carbocycles. The van der Waals surface area contributed by atoms with E-state index in [-0.39, 0.29) is 16.0 Å². The van der Waals surface area contributed by atoms with E-state index in [0.29, 0.717) is 24.6 Å². The largest absolute Gasteiger partial charge is 0.446 e. The second-order valence-corrected chi connectivity index (χ2v) is 7.46. The average molecular weight is 461 g/mol. The van der Waals surface area contributed by atoms with E-state index in [9.17, 15) is 13.4 Å². The van der Waals surface area contributed by atoms with Crippen molar-refractivity contribution in [1.82, 2.24) is 24.8 Å². The molecule has 27 heavy (non-hydrogen) atoms. The highest BCUT2D eigenvalue weighted by Crippen LogP contribution is 2.27. The summed E-state index contributed by atoms with van der Waals surface area (Å²) in [5.41, 5.74) is 0.491. The van der Waals surface area contributed by atoms with Crippen molar-refractivity contribution in [2.45, 2.75) is 0 Å². The van der Waals surface area contributed by atoms with E-state index in [1.54, 1.807) is 11.9 Å². The van der Waals surface area contributed by atoms with E-state index in [1.165, 1.54) is 24.5 Å². The van der Waals surface area contributed by atoms with Gasteiger partial charge in [0.15, 0.2) is 5.69 Å². The van der Waals surface area contributed by atoms with E-state index in [0.717, 1.165) is 4.57 Å². The molecule has 3 rings (SSSR count). The first-order valence-electron chi connectivity index (χ1n) is 7.53. The summed E-state index contributed by atoms with van der Waals surface area (Å²) < 4.78 is 38.2. The summed E-state index contributed by atoms with van der Waals surface area (Å²) in [5, 5.41) is 11.4. The van der Waals surface area contributed by atoms with Crippen LogP contribution in [0.1, 0.15) is 0 Å². The highest BCUT2D eigenvalue weighted by Gasteiger charge is 2.25. The van der Waals surface area contributed by atoms with Crippen molar-refractivity contribution in [1.29, 1.82) is 0 Å². The number of nitrogens with one attached hydrogen (secondary N) is 1. The van der Waals surface area contributed by atoms with Gasteiger partial charge in [0.2, 0.25) is 11.6 Å². The molecule has 2 heterocycles. The second kappa shape index (κ2) is 8.10. The first kappa shape index (κ1) is 19.4. The normalized spacial score (nSPS) is 12.3. The number of rotatable bonds is 7. The molecule has 0 aliphatic carbocycles. The van der Waals surface area contributed by atoms with Crippen LogP contribution < -0.4 is 15.4 Å². The molecule has 1 unspecified atom stereocenters. The maximum Gasteiger partial charge on any atom is 0.446 e. The molecule has 1 aromatic carbocycles. The Morgan fingerprint density at radius 1 is 1.37 bits per heavy atom. The maximum atomic E-state index is 13.5. The first-order chi connectivity index (χ1) is 12.9. The van der Waals surface area contributed by atoms with Gasteiger partial charge in [-0.3, -0.25) is 4.52 Å². The third kappa shape index (κ3) is 4.14. The van der Waals surface area contributed by atoms with Crippen molar-refractivity contribution < 1.29 is 17.8 Å². The van der Waals surface area contributed by atoms with E-state index in [2.05, 4.69) is 36.1 Å². The Balaban J connectivity index is 1.97. The minimum Gasteiger partial charge on any atom is -0.354 e. The number of halogens is 2. The first-order valence-corrected chi connectivity index (χ1v) is 9.88.